The number of piperidine rings is 2. The number of amides is 2. The van der Waals surface area contributed by atoms with Crippen molar-refractivity contribution in [3.63, 3.8) is 0 Å². The van der Waals surface area contributed by atoms with Crippen LogP contribution in [0.15, 0.2) is 23.1 Å². The van der Waals surface area contributed by atoms with Crippen molar-refractivity contribution in [3.05, 3.63) is 29.8 Å². The van der Waals surface area contributed by atoms with E-state index in [0.29, 0.717) is 38.3 Å². The molecule has 2 aromatic rings. The molecule has 2 saturated heterocycles. The van der Waals surface area contributed by atoms with Crippen LogP contribution in [-0.2, 0) is 11.3 Å². The molecular weight excluding hydrogens is 374 g/mol. The average Bonchev–Trinajstić information content (AvgIpc) is 3.39. The van der Waals surface area contributed by atoms with Gasteiger partial charge in [-0.2, -0.15) is 5.10 Å². The number of carbonyl (C=O) groups is 2. The Morgan fingerprint density at radius 3 is 2.90 bits per heavy atom. The lowest BCUT2D eigenvalue weighted by atomic mass is 9.67. The summed E-state index contributed by atoms with van der Waals surface area (Å²) < 4.78 is 6.49. The Bertz CT molecular complexity index is 865. The van der Waals surface area contributed by atoms with Gasteiger partial charge in [-0.3, -0.25) is 14.3 Å². The Kier molecular flexibility index (Phi) is 5.35. The van der Waals surface area contributed by atoms with Crippen molar-refractivity contribution in [2.24, 2.45) is 5.41 Å². The maximum Gasteiger partial charge on any atom is 0.278 e. The smallest absolute Gasteiger partial charge is 0.278 e. The normalized spacial score (nSPS) is 24.9. The number of hydrogen-bond donors (Lipinski definition) is 1. The third-order valence-electron chi connectivity index (χ3n) is 6.31. The molecule has 0 bridgehead atoms. The van der Waals surface area contributed by atoms with Gasteiger partial charge in [-0.25, -0.2) is 4.63 Å². The molecular formula is C19H27N7O3. The van der Waals surface area contributed by atoms with Gasteiger partial charge in [0.25, 0.3) is 5.91 Å². The molecule has 2 aromatic heterocycles. The highest BCUT2D eigenvalue weighted by Gasteiger charge is 2.52. The fourth-order valence-corrected chi connectivity index (χ4v) is 4.66. The van der Waals surface area contributed by atoms with E-state index >= 15 is 0 Å². The van der Waals surface area contributed by atoms with Crippen LogP contribution in [-0.4, -0.2) is 81.0 Å². The van der Waals surface area contributed by atoms with Crippen LogP contribution in [0.5, 0.6) is 0 Å². The van der Waals surface area contributed by atoms with Crippen LogP contribution in [0.2, 0.25) is 0 Å². The van der Waals surface area contributed by atoms with Crippen molar-refractivity contribution in [1.82, 2.24) is 35.2 Å². The van der Waals surface area contributed by atoms with Crippen LogP contribution >= 0.6 is 0 Å². The largest absolute Gasteiger partial charge is 0.354 e. The minimum Gasteiger partial charge on any atom is -0.354 e. The number of aryl methyl sites for hydroxylation is 1. The van der Waals surface area contributed by atoms with E-state index < -0.39 is 5.41 Å². The van der Waals surface area contributed by atoms with Gasteiger partial charge >= 0.3 is 0 Å². The van der Waals surface area contributed by atoms with Crippen LogP contribution in [0, 0.1) is 12.3 Å². The van der Waals surface area contributed by atoms with Crippen LogP contribution in [0.3, 0.4) is 0 Å². The second kappa shape index (κ2) is 7.94. The number of likely N-dealkylation sites (N-methyl/N-ethyl adjacent to an activating group) is 1. The summed E-state index contributed by atoms with van der Waals surface area (Å²) in [6, 6.07) is 1.84. The Labute approximate surface area is 169 Å². The molecule has 1 N–H and O–H groups in total. The molecule has 2 amide bonds. The van der Waals surface area contributed by atoms with Crippen LogP contribution in [0.1, 0.15) is 35.4 Å². The van der Waals surface area contributed by atoms with Crippen molar-refractivity contribution in [1.29, 1.82) is 0 Å². The Morgan fingerprint density at radius 2 is 2.17 bits per heavy atom. The molecule has 0 unspecified atom stereocenters. The molecule has 4 heterocycles. The minimum atomic E-state index is -0.481. The summed E-state index contributed by atoms with van der Waals surface area (Å²) in [5, 5.41) is 14.8. The monoisotopic (exact) mass is 401 g/mol. The van der Waals surface area contributed by atoms with E-state index in [9.17, 15) is 9.59 Å². The van der Waals surface area contributed by atoms with Crippen LogP contribution in [0.4, 0.5) is 0 Å². The average molecular weight is 401 g/mol. The highest BCUT2D eigenvalue weighted by molar-refractivity contribution is 5.93. The summed E-state index contributed by atoms with van der Waals surface area (Å²) in [5.74, 6) is -0.108. The zero-order chi connectivity index (χ0) is 20.4. The molecule has 2 atom stereocenters. The van der Waals surface area contributed by atoms with Crippen molar-refractivity contribution in [3.8, 4) is 0 Å². The quantitative estimate of drug-likeness (QED) is 0.768. The maximum absolute atomic E-state index is 13.3. The molecule has 0 spiro atoms. The first kappa shape index (κ1) is 19.6. The first-order chi connectivity index (χ1) is 14.0. The van der Waals surface area contributed by atoms with Crippen molar-refractivity contribution < 1.29 is 14.2 Å². The van der Waals surface area contributed by atoms with E-state index in [1.54, 1.807) is 22.7 Å². The molecule has 0 aromatic carbocycles. The summed E-state index contributed by atoms with van der Waals surface area (Å²) in [7, 11) is 2.03. The van der Waals surface area contributed by atoms with Gasteiger partial charge < -0.3 is 15.1 Å². The standard InChI is InChI=1S/C19H27N7O3/c1-14-16(23-29-22-14)17(27)25-11-6-19(5-3-9-24(2)15(19)13-25)18(28)20-8-12-26-10-4-7-21-26/h4,7,10,15H,3,5-6,8-9,11-13H2,1-2H3,(H,20,28)/t15-,19+/m0/s1. The zero-order valence-electron chi connectivity index (χ0n) is 16.9. The Balaban J connectivity index is 1.46. The van der Waals surface area contributed by atoms with Crippen molar-refractivity contribution in [2.75, 3.05) is 33.2 Å². The second-order valence-corrected chi connectivity index (χ2v) is 7.98. The Morgan fingerprint density at radius 1 is 1.31 bits per heavy atom. The van der Waals surface area contributed by atoms with Gasteiger partial charge in [-0.15, -0.1) is 0 Å². The van der Waals surface area contributed by atoms with Gasteiger partial charge in [-0.1, -0.05) is 5.16 Å². The molecule has 29 heavy (non-hydrogen) atoms. The van der Waals surface area contributed by atoms with E-state index in [1.165, 1.54) is 0 Å². The Hall–Kier alpha value is -2.75. The molecule has 0 saturated carbocycles. The second-order valence-electron chi connectivity index (χ2n) is 7.98. The molecule has 10 nitrogen and oxygen atoms in total. The summed E-state index contributed by atoms with van der Waals surface area (Å²) in [6.45, 7) is 4.80. The molecule has 2 fully saturated rings. The number of nitrogens with one attached hydrogen (secondary N) is 1. The highest BCUT2D eigenvalue weighted by atomic mass is 16.6. The lowest BCUT2D eigenvalue weighted by molar-refractivity contribution is -0.143. The zero-order valence-corrected chi connectivity index (χ0v) is 16.9. The fourth-order valence-electron chi connectivity index (χ4n) is 4.66. The van der Waals surface area contributed by atoms with Gasteiger partial charge in [0.2, 0.25) is 5.91 Å². The van der Waals surface area contributed by atoms with Crippen molar-refractivity contribution >= 4 is 11.8 Å². The first-order valence-electron chi connectivity index (χ1n) is 10.1. The van der Waals surface area contributed by atoms with Gasteiger partial charge in [0.1, 0.15) is 5.69 Å². The van der Waals surface area contributed by atoms with Gasteiger partial charge in [0, 0.05) is 38.1 Å². The maximum atomic E-state index is 13.3. The van der Waals surface area contributed by atoms with Gasteiger partial charge in [0.15, 0.2) is 5.69 Å². The molecule has 2 aliphatic rings. The lowest BCUT2D eigenvalue weighted by Gasteiger charge is -2.52. The van der Waals surface area contributed by atoms with Crippen LogP contribution in [0.25, 0.3) is 0 Å². The summed E-state index contributed by atoms with van der Waals surface area (Å²) in [6.07, 6.45) is 6.05. The lowest BCUT2D eigenvalue weighted by Crippen LogP contribution is -2.65. The number of rotatable bonds is 5. The summed E-state index contributed by atoms with van der Waals surface area (Å²) >= 11 is 0. The van der Waals surface area contributed by atoms with E-state index in [1.807, 2.05) is 19.3 Å². The van der Waals surface area contributed by atoms with E-state index in [4.69, 9.17) is 0 Å². The third-order valence-corrected chi connectivity index (χ3v) is 6.31. The predicted octanol–water partition coefficient (Wildman–Crippen LogP) is 0.317. The number of fused-ring (bicyclic) bond motifs is 1. The third kappa shape index (κ3) is 3.64. The van der Waals surface area contributed by atoms with E-state index in [-0.39, 0.29) is 23.6 Å². The predicted molar refractivity (Wildman–Crippen MR) is 103 cm³/mol. The number of aromatic nitrogens is 4. The van der Waals surface area contributed by atoms with E-state index in [2.05, 4.69) is 30.3 Å². The van der Waals surface area contributed by atoms with Gasteiger partial charge in [0.05, 0.1) is 12.0 Å². The molecule has 10 heteroatoms. The summed E-state index contributed by atoms with van der Waals surface area (Å²) in [4.78, 5) is 30.1. The number of nitrogens with zero attached hydrogens (tertiary/aromatic N) is 6. The SMILES string of the molecule is Cc1nonc1C(=O)N1CC[C@]2(C(=O)NCCn3cccn3)CCCN(C)[C@H]2C1. The molecule has 156 valence electrons. The minimum absolute atomic E-state index is 0.0289. The van der Waals surface area contributed by atoms with Crippen LogP contribution < -0.4 is 5.32 Å². The topological polar surface area (TPSA) is 109 Å². The number of likely N-dealkylation sites (tertiary alicyclic amines) is 2. The summed E-state index contributed by atoms with van der Waals surface area (Å²) in [5.41, 5.74) is 0.255. The first-order valence-corrected chi connectivity index (χ1v) is 10.1. The van der Waals surface area contributed by atoms with Crippen molar-refractivity contribution in [2.45, 2.75) is 38.8 Å². The number of carbonyl (C=O) groups excluding carboxylic acids is 2. The molecule has 4 rings (SSSR count). The number of hydrogen-bond acceptors (Lipinski definition) is 7. The molecule has 0 radical (unpaired) electrons. The fraction of sp³-hybridized carbons (Fsp3) is 0.632. The van der Waals surface area contributed by atoms with Gasteiger partial charge in [-0.05, 0) is 51.0 Å². The van der Waals surface area contributed by atoms with E-state index in [0.717, 1.165) is 19.4 Å². The molecule has 2 aliphatic heterocycles. The highest BCUT2D eigenvalue weighted by Crippen LogP contribution is 2.42. The molecule has 0 aliphatic carbocycles.